The summed E-state index contributed by atoms with van der Waals surface area (Å²) in [5, 5.41) is 0. The summed E-state index contributed by atoms with van der Waals surface area (Å²) in [6, 6.07) is 11.9. The molecule has 0 amide bonds. The lowest BCUT2D eigenvalue weighted by Crippen LogP contribution is -2.40. The highest BCUT2D eigenvalue weighted by molar-refractivity contribution is 5.16. The van der Waals surface area contributed by atoms with Crippen LogP contribution in [0.2, 0.25) is 0 Å². The second-order valence-electron chi connectivity index (χ2n) is 7.35. The predicted octanol–water partition coefficient (Wildman–Crippen LogP) is 6.22. The molecule has 1 atom stereocenters. The van der Waals surface area contributed by atoms with E-state index in [4.69, 9.17) is 0 Å². The van der Waals surface area contributed by atoms with Crippen molar-refractivity contribution in [2.24, 2.45) is 0 Å². The summed E-state index contributed by atoms with van der Waals surface area (Å²) in [5.41, 5.74) is 1.52. The van der Waals surface area contributed by atoms with Crippen LogP contribution in [0.3, 0.4) is 0 Å². The fourth-order valence-corrected chi connectivity index (χ4v) is 3.92. The molecule has 0 spiro atoms. The molecule has 0 aliphatic carbocycles. The average Bonchev–Trinajstić information content (AvgIpc) is 2.61. The zero-order valence-corrected chi connectivity index (χ0v) is 15.3. The van der Waals surface area contributed by atoms with Crippen molar-refractivity contribution in [1.29, 1.82) is 0 Å². The maximum atomic E-state index is 2.79. The van der Waals surface area contributed by atoms with Gasteiger partial charge in [-0.25, -0.2) is 0 Å². The largest absolute Gasteiger partial charge is 0.300 e. The lowest BCUT2D eigenvalue weighted by Gasteiger charge is -2.35. The molecule has 0 saturated carbocycles. The number of piperidine rings is 1. The van der Waals surface area contributed by atoms with Crippen LogP contribution in [-0.4, -0.2) is 24.0 Å². The van der Waals surface area contributed by atoms with Gasteiger partial charge in [0, 0.05) is 6.04 Å². The van der Waals surface area contributed by atoms with Crippen molar-refractivity contribution in [1.82, 2.24) is 4.90 Å². The maximum absolute atomic E-state index is 2.79. The Kier molecular flexibility index (Phi) is 9.40. The van der Waals surface area contributed by atoms with Gasteiger partial charge in [-0.1, -0.05) is 88.6 Å². The molecule has 1 aromatic rings. The Labute approximate surface area is 144 Å². The standard InChI is InChI=1S/C22H37N/c1-2-3-4-5-6-7-12-17-22(23-18-13-9-14-19-23)20-21-15-10-8-11-16-21/h8,10-11,15-16,22H,2-7,9,12-14,17-20H2,1H3. The Morgan fingerprint density at radius 1 is 0.826 bits per heavy atom. The summed E-state index contributed by atoms with van der Waals surface area (Å²) in [6.07, 6.45) is 16.8. The van der Waals surface area contributed by atoms with Crippen molar-refractivity contribution in [2.45, 2.75) is 90.0 Å². The molecule has 23 heavy (non-hydrogen) atoms. The van der Waals surface area contributed by atoms with Gasteiger partial charge >= 0.3 is 0 Å². The van der Waals surface area contributed by atoms with Gasteiger partial charge in [-0.2, -0.15) is 0 Å². The van der Waals surface area contributed by atoms with E-state index in [2.05, 4.69) is 42.2 Å². The third-order valence-corrected chi connectivity index (χ3v) is 5.36. The molecule has 1 heterocycles. The molecule has 1 aliphatic heterocycles. The van der Waals surface area contributed by atoms with Gasteiger partial charge in [-0.05, 0) is 44.3 Å². The van der Waals surface area contributed by atoms with Crippen molar-refractivity contribution < 1.29 is 0 Å². The van der Waals surface area contributed by atoms with Crippen molar-refractivity contribution in [2.75, 3.05) is 13.1 Å². The molecule has 0 aromatic heterocycles. The summed E-state index contributed by atoms with van der Waals surface area (Å²) in [6.45, 7) is 4.95. The van der Waals surface area contributed by atoms with Crippen LogP contribution >= 0.6 is 0 Å². The summed E-state index contributed by atoms with van der Waals surface area (Å²) in [5.74, 6) is 0. The Morgan fingerprint density at radius 3 is 2.17 bits per heavy atom. The SMILES string of the molecule is CCCCCCCCCC(Cc1ccccc1)N1CCCCC1. The maximum Gasteiger partial charge on any atom is 0.0136 e. The van der Waals surface area contributed by atoms with E-state index >= 15 is 0 Å². The summed E-state index contributed by atoms with van der Waals surface area (Å²) in [4.78, 5) is 2.79. The van der Waals surface area contributed by atoms with Gasteiger partial charge in [0.15, 0.2) is 0 Å². The quantitative estimate of drug-likeness (QED) is 0.438. The van der Waals surface area contributed by atoms with Gasteiger partial charge in [0.05, 0.1) is 0 Å². The van der Waals surface area contributed by atoms with Crippen molar-refractivity contribution in [3.8, 4) is 0 Å². The first-order valence-electron chi connectivity index (χ1n) is 10.2. The molecule has 1 nitrogen and oxygen atoms in total. The van der Waals surface area contributed by atoms with E-state index in [0.717, 1.165) is 6.04 Å². The van der Waals surface area contributed by atoms with Crippen LogP contribution in [0, 0.1) is 0 Å². The predicted molar refractivity (Wildman–Crippen MR) is 102 cm³/mol. The van der Waals surface area contributed by atoms with Crippen molar-refractivity contribution in [3.05, 3.63) is 35.9 Å². The smallest absolute Gasteiger partial charge is 0.0136 e. The zero-order valence-electron chi connectivity index (χ0n) is 15.3. The van der Waals surface area contributed by atoms with Crippen molar-refractivity contribution in [3.63, 3.8) is 0 Å². The lowest BCUT2D eigenvalue weighted by molar-refractivity contribution is 0.151. The fourth-order valence-electron chi connectivity index (χ4n) is 3.92. The van der Waals surface area contributed by atoms with Gasteiger partial charge in [0.2, 0.25) is 0 Å². The van der Waals surface area contributed by atoms with Crippen molar-refractivity contribution >= 4 is 0 Å². The highest BCUT2D eigenvalue weighted by atomic mass is 15.2. The minimum atomic E-state index is 0.772. The molecule has 1 aliphatic rings. The molecule has 0 radical (unpaired) electrons. The molecule has 1 heteroatoms. The number of nitrogens with zero attached hydrogens (tertiary/aromatic N) is 1. The average molecular weight is 316 g/mol. The van der Waals surface area contributed by atoms with E-state index in [9.17, 15) is 0 Å². The van der Waals surface area contributed by atoms with Gasteiger partial charge in [-0.15, -0.1) is 0 Å². The highest BCUT2D eigenvalue weighted by Crippen LogP contribution is 2.20. The zero-order chi connectivity index (χ0) is 16.2. The molecular weight excluding hydrogens is 278 g/mol. The Bertz CT molecular complexity index is 380. The van der Waals surface area contributed by atoms with Crippen LogP contribution in [0.15, 0.2) is 30.3 Å². The van der Waals surface area contributed by atoms with Gasteiger partial charge < -0.3 is 4.90 Å². The molecule has 1 saturated heterocycles. The molecule has 0 bridgehead atoms. The second-order valence-corrected chi connectivity index (χ2v) is 7.35. The monoisotopic (exact) mass is 315 g/mol. The highest BCUT2D eigenvalue weighted by Gasteiger charge is 2.20. The molecule has 130 valence electrons. The van der Waals surface area contributed by atoms with Crippen LogP contribution in [0.5, 0.6) is 0 Å². The Hall–Kier alpha value is -0.820. The van der Waals surface area contributed by atoms with Crippen LogP contribution in [0.1, 0.15) is 83.1 Å². The second kappa shape index (κ2) is 11.7. The first-order valence-corrected chi connectivity index (χ1v) is 10.2. The van der Waals surface area contributed by atoms with E-state index in [-0.39, 0.29) is 0 Å². The van der Waals surface area contributed by atoms with E-state index in [1.165, 1.54) is 95.7 Å². The molecule has 2 rings (SSSR count). The van der Waals surface area contributed by atoms with E-state index in [1.807, 2.05) is 0 Å². The Balaban J connectivity index is 1.74. The third kappa shape index (κ3) is 7.52. The molecule has 1 unspecified atom stereocenters. The van der Waals surface area contributed by atoms with Crippen LogP contribution in [-0.2, 0) is 6.42 Å². The summed E-state index contributed by atoms with van der Waals surface area (Å²) < 4.78 is 0. The number of rotatable bonds is 11. The molecular formula is C22H37N. The van der Waals surface area contributed by atoms with Gasteiger partial charge in [-0.3, -0.25) is 0 Å². The number of likely N-dealkylation sites (tertiary alicyclic amines) is 1. The first kappa shape index (κ1) is 18.5. The first-order chi connectivity index (χ1) is 11.4. The van der Waals surface area contributed by atoms with E-state index < -0.39 is 0 Å². The van der Waals surface area contributed by atoms with E-state index in [1.54, 1.807) is 0 Å². The normalized spacial score (nSPS) is 17.3. The third-order valence-electron chi connectivity index (χ3n) is 5.36. The number of unbranched alkanes of at least 4 members (excludes halogenated alkanes) is 6. The van der Waals surface area contributed by atoms with Crippen LogP contribution in [0.25, 0.3) is 0 Å². The number of benzene rings is 1. The van der Waals surface area contributed by atoms with Gasteiger partial charge in [0.1, 0.15) is 0 Å². The van der Waals surface area contributed by atoms with Gasteiger partial charge in [0.25, 0.3) is 0 Å². The fraction of sp³-hybridized carbons (Fsp3) is 0.727. The van der Waals surface area contributed by atoms with Crippen LogP contribution < -0.4 is 0 Å². The molecule has 0 N–H and O–H groups in total. The number of hydrogen-bond donors (Lipinski definition) is 0. The number of hydrogen-bond acceptors (Lipinski definition) is 1. The molecule has 1 aromatic carbocycles. The minimum Gasteiger partial charge on any atom is -0.300 e. The Morgan fingerprint density at radius 2 is 1.48 bits per heavy atom. The summed E-state index contributed by atoms with van der Waals surface area (Å²) >= 11 is 0. The lowest BCUT2D eigenvalue weighted by atomic mass is 9.96. The topological polar surface area (TPSA) is 3.24 Å². The minimum absolute atomic E-state index is 0.772. The van der Waals surface area contributed by atoms with E-state index in [0.29, 0.717) is 0 Å². The van der Waals surface area contributed by atoms with Crippen LogP contribution in [0.4, 0.5) is 0 Å². The summed E-state index contributed by atoms with van der Waals surface area (Å²) in [7, 11) is 0. The molecule has 1 fully saturated rings.